The molecule has 0 amide bonds. The summed E-state index contributed by atoms with van der Waals surface area (Å²) in [5.41, 5.74) is 7.60. The minimum absolute atomic E-state index is 0.0842. The van der Waals surface area contributed by atoms with Crippen LogP contribution in [0.25, 0.3) is 5.52 Å². The maximum absolute atomic E-state index is 9.12. The van der Waals surface area contributed by atoms with Gasteiger partial charge in [0, 0.05) is 12.1 Å². The predicted octanol–water partition coefficient (Wildman–Crippen LogP) is 1.45. The van der Waals surface area contributed by atoms with Crippen molar-refractivity contribution in [3.8, 4) is 0 Å². The van der Waals surface area contributed by atoms with Gasteiger partial charge in [0.05, 0.1) is 23.9 Å². The molecule has 4 heteroatoms. The molecule has 0 fully saturated rings. The highest BCUT2D eigenvalue weighted by Crippen LogP contribution is 2.22. The molecule has 2 heterocycles. The molecule has 16 heavy (non-hydrogen) atoms. The lowest BCUT2D eigenvalue weighted by Crippen LogP contribution is -2.15. The van der Waals surface area contributed by atoms with Crippen molar-refractivity contribution >= 4 is 5.52 Å². The standard InChI is InChI=1S/C12H17N3O/c1-8(2)12-14-11(9(13)7-16)10-5-3-4-6-15(10)12/h3-6,8-9,16H,7,13H2,1-2H3. The molecule has 0 radical (unpaired) electrons. The van der Waals surface area contributed by atoms with Gasteiger partial charge in [-0.25, -0.2) is 4.98 Å². The van der Waals surface area contributed by atoms with Crippen LogP contribution < -0.4 is 5.73 Å². The number of imidazole rings is 1. The van der Waals surface area contributed by atoms with Crippen molar-refractivity contribution in [3.05, 3.63) is 35.9 Å². The van der Waals surface area contributed by atoms with Crippen molar-refractivity contribution in [1.29, 1.82) is 0 Å². The minimum atomic E-state index is -0.412. The maximum atomic E-state index is 9.12. The molecule has 0 aliphatic heterocycles. The fourth-order valence-corrected chi connectivity index (χ4v) is 1.85. The van der Waals surface area contributed by atoms with E-state index in [1.165, 1.54) is 0 Å². The number of pyridine rings is 1. The molecular formula is C12H17N3O. The van der Waals surface area contributed by atoms with Crippen molar-refractivity contribution in [2.45, 2.75) is 25.8 Å². The highest BCUT2D eigenvalue weighted by atomic mass is 16.3. The lowest BCUT2D eigenvalue weighted by atomic mass is 10.2. The quantitative estimate of drug-likeness (QED) is 0.821. The number of aliphatic hydroxyl groups excluding tert-OH is 1. The first-order valence-corrected chi connectivity index (χ1v) is 5.48. The molecule has 2 aromatic rings. The number of rotatable bonds is 3. The molecule has 0 spiro atoms. The Morgan fingerprint density at radius 3 is 2.81 bits per heavy atom. The molecule has 0 saturated carbocycles. The topological polar surface area (TPSA) is 63.5 Å². The van der Waals surface area contributed by atoms with Crippen LogP contribution in [0.2, 0.25) is 0 Å². The second kappa shape index (κ2) is 4.23. The molecule has 2 rings (SSSR count). The van der Waals surface area contributed by atoms with Crippen molar-refractivity contribution in [3.63, 3.8) is 0 Å². The molecule has 86 valence electrons. The smallest absolute Gasteiger partial charge is 0.116 e. The van der Waals surface area contributed by atoms with Gasteiger partial charge < -0.3 is 15.2 Å². The number of hydrogen-bond donors (Lipinski definition) is 2. The summed E-state index contributed by atoms with van der Waals surface area (Å²) in [6.07, 6.45) is 1.98. The van der Waals surface area contributed by atoms with Crippen LogP contribution in [0.5, 0.6) is 0 Å². The fourth-order valence-electron chi connectivity index (χ4n) is 1.85. The Balaban J connectivity index is 2.66. The van der Waals surface area contributed by atoms with Crippen LogP contribution in [0.15, 0.2) is 24.4 Å². The summed E-state index contributed by atoms with van der Waals surface area (Å²) in [7, 11) is 0. The molecule has 3 N–H and O–H groups in total. The molecular weight excluding hydrogens is 202 g/mol. The zero-order valence-electron chi connectivity index (χ0n) is 9.59. The van der Waals surface area contributed by atoms with E-state index in [1.54, 1.807) is 0 Å². The average molecular weight is 219 g/mol. The lowest BCUT2D eigenvalue weighted by Gasteiger charge is -2.04. The lowest BCUT2D eigenvalue weighted by molar-refractivity contribution is 0.266. The van der Waals surface area contributed by atoms with Crippen molar-refractivity contribution in [2.24, 2.45) is 5.73 Å². The maximum Gasteiger partial charge on any atom is 0.116 e. The largest absolute Gasteiger partial charge is 0.394 e. The van der Waals surface area contributed by atoms with Crippen LogP contribution in [0.1, 0.15) is 37.3 Å². The predicted molar refractivity (Wildman–Crippen MR) is 63.3 cm³/mol. The van der Waals surface area contributed by atoms with E-state index in [4.69, 9.17) is 10.8 Å². The Morgan fingerprint density at radius 2 is 2.19 bits per heavy atom. The summed E-state index contributed by atoms with van der Waals surface area (Å²) in [6, 6.07) is 5.48. The van der Waals surface area contributed by atoms with E-state index in [0.717, 1.165) is 17.0 Å². The molecule has 0 bridgehead atoms. The summed E-state index contributed by atoms with van der Waals surface area (Å²) >= 11 is 0. The van der Waals surface area contributed by atoms with Crippen molar-refractivity contribution in [1.82, 2.24) is 9.38 Å². The van der Waals surface area contributed by atoms with Gasteiger partial charge in [0.1, 0.15) is 5.82 Å². The second-order valence-corrected chi connectivity index (χ2v) is 4.25. The molecule has 0 aliphatic carbocycles. The zero-order chi connectivity index (χ0) is 11.7. The first kappa shape index (κ1) is 11.1. The van der Waals surface area contributed by atoms with Gasteiger partial charge in [0.15, 0.2) is 0 Å². The highest BCUT2D eigenvalue weighted by molar-refractivity contribution is 5.54. The van der Waals surface area contributed by atoms with Gasteiger partial charge in [0.2, 0.25) is 0 Å². The molecule has 1 unspecified atom stereocenters. The van der Waals surface area contributed by atoms with E-state index in [-0.39, 0.29) is 6.61 Å². The van der Waals surface area contributed by atoms with E-state index in [1.807, 2.05) is 28.8 Å². The number of aromatic nitrogens is 2. The monoisotopic (exact) mass is 219 g/mol. The molecule has 0 aliphatic rings. The van der Waals surface area contributed by atoms with Gasteiger partial charge in [-0.15, -0.1) is 0 Å². The van der Waals surface area contributed by atoms with Gasteiger partial charge in [-0.3, -0.25) is 0 Å². The zero-order valence-corrected chi connectivity index (χ0v) is 9.59. The fraction of sp³-hybridized carbons (Fsp3) is 0.417. The third kappa shape index (κ3) is 1.70. The number of fused-ring (bicyclic) bond motifs is 1. The highest BCUT2D eigenvalue weighted by Gasteiger charge is 2.17. The number of nitrogens with zero attached hydrogens (tertiary/aromatic N) is 2. The number of aliphatic hydroxyl groups is 1. The van der Waals surface area contributed by atoms with E-state index in [2.05, 4.69) is 18.8 Å². The third-order valence-corrected chi connectivity index (χ3v) is 2.67. The van der Waals surface area contributed by atoms with E-state index in [9.17, 15) is 0 Å². The van der Waals surface area contributed by atoms with Crippen LogP contribution in [0.3, 0.4) is 0 Å². The van der Waals surface area contributed by atoms with E-state index < -0.39 is 6.04 Å². The summed E-state index contributed by atoms with van der Waals surface area (Å²) in [5, 5.41) is 9.12. The summed E-state index contributed by atoms with van der Waals surface area (Å²) in [4.78, 5) is 4.54. The van der Waals surface area contributed by atoms with Crippen LogP contribution in [0.4, 0.5) is 0 Å². The van der Waals surface area contributed by atoms with Crippen LogP contribution in [0, 0.1) is 0 Å². The van der Waals surface area contributed by atoms with Gasteiger partial charge in [-0.05, 0) is 12.1 Å². The summed E-state index contributed by atoms with van der Waals surface area (Å²) in [6.45, 7) is 4.10. The minimum Gasteiger partial charge on any atom is -0.394 e. The number of hydrogen-bond acceptors (Lipinski definition) is 3. The third-order valence-electron chi connectivity index (χ3n) is 2.67. The van der Waals surface area contributed by atoms with Gasteiger partial charge in [-0.2, -0.15) is 0 Å². The molecule has 1 atom stereocenters. The summed E-state index contributed by atoms with van der Waals surface area (Å²) < 4.78 is 2.04. The normalized spacial score (nSPS) is 13.6. The average Bonchev–Trinajstić information content (AvgIpc) is 2.67. The Morgan fingerprint density at radius 1 is 1.44 bits per heavy atom. The van der Waals surface area contributed by atoms with Gasteiger partial charge >= 0.3 is 0 Å². The first-order chi connectivity index (χ1) is 7.65. The Labute approximate surface area is 94.7 Å². The van der Waals surface area contributed by atoms with Crippen LogP contribution in [-0.2, 0) is 0 Å². The van der Waals surface area contributed by atoms with Gasteiger partial charge in [0.25, 0.3) is 0 Å². The molecule has 0 aromatic carbocycles. The van der Waals surface area contributed by atoms with Crippen LogP contribution in [-0.4, -0.2) is 21.1 Å². The number of nitrogens with two attached hydrogens (primary N) is 1. The van der Waals surface area contributed by atoms with E-state index in [0.29, 0.717) is 5.92 Å². The SMILES string of the molecule is CC(C)c1nc(C(N)CO)c2ccccn12. The Bertz CT molecular complexity index is 490. The second-order valence-electron chi connectivity index (χ2n) is 4.25. The van der Waals surface area contributed by atoms with Crippen molar-refractivity contribution < 1.29 is 5.11 Å². The first-order valence-electron chi connectivity index (χ1n) is 5.48. The molecule has 2 aromatic heterocycles. The molecule has 4 nitrogen and oxygen atoms in total. The Kier molecular flexibility index (Phi) is 2.94. The van der Waals surface area contributed by atoms with Crippen LogP contribution >= 0.6 is 0 Å². The van der Waals surface area contributed by atoms with Crippen molar-refractivity contribution in [2.75, 3.05) is 6.61 Å². The molecule has 0 saturated heterocycles. The van der Waals surface area contributed by atoms with E-state index >= 15 is 0 Å². The summed E-state index contributed by atoms with van der Waals surface area (Å²) in [5.74, 6) is 1.31. The van der Waals surface area contributed by atoms with Gasteiger partial charge in [-0.1, -0.05) is 19.9 Å². The Hall–Kier alpha value is -1.39.